The van der Waals surface area contributed by atoms with Gasteiger partial charge in [-0.25, -0.2) is 4.39 Å². The van der Waals surface area contributed by atoms with Gasteiger partial charge in [0.1, 0.15) is 5.69 Å². The molecule has 1 nitrogen and oxygen atoms in total. The summed E-state index contributed by atoms with van der Waals surface area (Å²) in [6.45, 7) is 7.73. The number of allylic oxidation sites excluding steroid dienone is 1. The molecule has 0 aromatic heterocycles. The van der Waals surface area contributed by atoms with Gasteiger partial charge in [0.25, 0.3) is 0 Å². The van der Waals surface area contributed by atoms with Crippen LogP contribution in [0.4, 0.5) is 10.1 Å². The molecule has 0 spiro atoms. The molecule has 3 heteroatoms. The topological polar surface area (TPSA) is 12.4 Å². The number of rotatable bonds is 3. The van der Waals surface area contributed by atoms with Gasteiger partial charge in [-0.1, -0.05) is 60.4 Å². The van der Waals surface area contributed by atoms with Crippen molar-refractivity contribution in [3.05, 3.63) is 95.3 Å². The van der Waals surface area contributed by atoms with Crippen LogP contribution in [-0.4, -0.2) is 5.16 Å². The highest BCUT2D eigenvalue weighted by atomic mass is 32.1. The van der Waals surface area contributed by atoms with E-state index < -0.39 is 5.82 Å². The molecule has 0 atom stereocenters. The van der Waals surface area contributed by atoms with Crippen LogP contribution in [0.15, 0.2) is 72.2 Å². The van der Waals surface area contributed by atoms with E-state index in [9.17, 15) is 4.39 Å². The van der Waals surface area contributed by atoms with Crippen LogP contribution in [0.5, 0.6) is 0 Å². The Bertz CT molecular complexity index is 1140. The maximum atomic E-state index is 14.4. The van der Waals surface area contributed by atoms with Crippen LogP contribution >= 0.6 is 12.2 Å². The van der Waals surface area contributed by atoms with Crippen molar-refractivity contribution in [1.29, 1.82) is 0 Å². The zero-order valence-corrected chi connectivity index (χ0v) is 16.5. The van der Waals surface area contributed by atoms with Crippen molar-refractivity contribution >= 4 is 28.6 Å². The summed E-state index contributed by atoms with van der Waals surface area (Å²) in [6, 6.07) is 19.5. The Hall–Kier alpha value is -3.31. The van der Waals surface area contributed by atoms with Crippen LogP contribution in [0.25, 0.3) is 16.7 Å². The molecule has 0 saturated carbocycles. The number of hydrogen-bond donors (Lipinski definition) is 0. The lowest BCUT2D eigenvalue weighted by Gasteiger charge is -2.06. The van der Waals surface area contributed by atoms with Crippen molar-refractivity contribution in [2.24, 2.45) is 4.99 Å². The molecule has 0 fully saturated rings. The third kappa shape index (κ3) is 4.50. The molecule has 28 heavy (non-hydrogen) atoms. The van der Waals surface area contributed by atoms with Crippen molar-refractivity contribution in [2.45, 2.75) is 13.8 Å². The van der Waals surface area contributed by atoms with Crippen LogP contribution < -0.4 is 0 Å². The second-order valence-corrected chi connectivity index (χ2v) is 6.71. The van der Waals surface area contributed by atoms with E-state index in [4.69, 9.17) is 0 Å². The number of halogens is 1. The fourth-order valence-electron chi connectivity index (χ4n) is 2.79. The minimum absolute atomic E-state index is 0.149. The molecule has 0 N–H and O–H groups in total. The molecule has 0 radical (unpaired) electrons. The molecule has 3 rings (SSSR count). The number of benzene rings is 3. The zero-order chi connectivity index (χ0) is 20.1. The van der Waals surface area contributed by atoms with E-state index in [1.807, 2.05) is 24.3 Å². The van der Waals surface area contributed by atoms with E-state index >= 15 is 0 Å². The number of aliphatic imine (C=N–C) groups is 1. The number of hydrogen-bond acceptors (Lipinski definition) is 2. The molecule has 0 bridgehead atoms. The van der Waals surface area contributed by atoms with Gasteiger partial charge in [0.2, 0.25) is 0 Å². The predicted octanol–water partition coefficient (Wildman–Crippen LogP) is 6.97. The minimum atomic E-state index is -0.489. The summed E-state index contributed by atoms with van der Waals surface area (Å²) in [5, 5.41) is 2.21. The quantitative estimate of drug-likeness (QED) is 0.270. The molecule has 3 aromatic rings. The number of nitrogens with zero attached hydrogens (tertiary/aromatic N) is 1. The fourth-order valence-corrected chi connectivity index (χ4v) is 2.88. The van der Waals surface area contributed by atoms with Gasteiger partial charge in [-0.2, -0.15) is 4.99 Å². The van der Waals surface area contributed by atoms with E-state index in [1.165, 1.54) is 11.6 Å². The highest BCUT2D eigenvalue weighted by Crippen LogP contribution is 2.29. The van der Waals surface area contributed by atoms with Crippen molar-refractivity contribution < 1.29 is 4.39 Å². The fraction of sp³-hybridized carbons (Fsp3) is 0.0800. The van der Waals surface area contributed by atoms with E-state index in [2.05, 4.69) is 72.0 Å². The molecule has 0 saturated heterocycles. The molecule has 0 aliphatic heterocycles. The van der Waals surface area contributed by atoms with Crippen LogP contribution in [0, 0.1) is 24.6 Å². The van der Waals surface area contributed by atoms with Crippen molar-refractivity contribution in [3.8, 4) is 23.0 Å². The van der Waals surface area contributed by atoms with Crippen LogP contribution in [0.2, 0.25) is 0 Å². The SMILES string of the molecule is C=C(C)c1cc(C#Cc2ccc(-c3ccc(C)cc3)cc2)cc(F)c1N=C=S. The Morgan fingerprint density at radius 3 is 2.07 bits per heavy atom. The predicted molar refractivity (Wildman–Crippen MR) is 118 cm³/mol. The van der Waals surface area contributed by atoms with Crippen molar-refractivity contribution in [1.82, 2.24) is 0 Å². The van der Waals surface area contributed by atoms with Gasteiger partial charge < -0.3 is 0 Å². The Balaban J connectivity index is 1.90. The first kappa shape index (κ1) is 19.5. The van der Waals surface area contributed by atoms with Gasteiger partial charge in [-0.15, -0.1) is 0 Å². The van der Waals surface area contributed by atoms with Crippen molar-refractivity contribution in [2.75, 3.05) is 0 Å². The second kappa shape index (κ2) is 8.59. The Labute approximate surface area is 170 Å². The third-order valence-electron chi connectivity index (χ3n) is 4.30. The van der Waals surface area contributed by atoms with Gasteiger partial charge >= 0.3 is 0 Å². The smallest absolute Gasteiger partial charge is 0.151 e. The van der Waals surface area contributed by atoms with E-state index in [1.54, 1.807) is 13.0 Å². The number of thiocarbonyl (C=S) groups is 1. The van der Waals surface area contributed by atoms with Crippen LogP contribution in [0.1, 0.15) is 29.2 Å². The summed E-state index contributed by atoms with van der Waals surface area (Å²) in [5.74, 6) is 5.61. The number of aryl methyl sites for hydroxylation is 1. The lowest BCUT2D eigenvalue weighted by Crippen LogP contribution is -1.88. The lowest BCUT2D eigenvalue weighted by atomic mass is 10.0. The van der Waals surface area contributed by atoms with Gasteiger partial charge in [-0.05, 0) is 67.0 Å². The van der Waals surface area contributed by atoms with E-state index in [0.717, 1.165) is 16.7 Å². The lowest BCUT2D eigenvalue weighted by molar-refractivity contribution is 0.629. The molecule has 136 valence electrons. The summed E-state index contributed by atoms with van der Waals surface area (Å²) in [5.41, 5.74) is 6.35. The van der Waals surface area contributed by atoms with Gasteiger partial charge in [-0.3, -0.25) is 0 Å². The maximum Gasteiger partial charge on any atom is 0.151 e. The molecule has 0 aliphatic rings. The first-order chi connectivity index (χ1) is 13.5. The normalized spacial score (nSPS) is 9.82. The maximum absolute atomic E-state index is 14.4. The molecule has 0 amide bonds. The monoisotopic (exact) mass is 383 g/mol. The largest absolute Gasteiger partial charge is 0.205 e. The Morgan fingerprint density at radius 2 is 1.50 bits per heavy atom. The Kier molecular flexibility index (Phi) is 5.96. The standard InChI is InChI=1S/C25H18FNS/c1-17(2)23-14-20(15-24(26)25(23)27-16-28)7-6-19-8-12-22(13-9-19)21-10-4-18(3)5-11-21/h4-5,8-15H,1H2,2-3H3. The number of isothiocyanates is 1. The summed E-state index contributed by atoms with van der Waals surface area (Å²) < 4.78 is 14.4. The summed E-state index contributed by atoms with van der Waals surface area (Å²) >= 11 is 4.60. The Morgan fingerprint density at radius 1 is 0.929 bits per heavy atom. The van der Waals surface area contributed by atoms with Crippen molar-refractivity contribution in [3.63, 3.8) is 0 Å². The summed E-state index contributed by atoms with van der Waals surface area (Å²) in [6.07, 6.45) is 0. The summed E-state index contributed by atoms with van der Waals surface area (Å²) in [7, 11) is 0. The first-order valence-electron chi connectivity index (χ1n) is 8.74. The van der Waals surface area contributed by atoms with Crippen LogP contribution in [0.3, 0.4) is 0 Å². The van der Waals surface area contributed by atoms with E-state index in [-0.39, 0.29) is 5.69 Å². The highest BCUT2D eigenvalue weighted by molar-refractivity contribution is 7.78. The second-order valence-electron chi connectivity index (χ2n) is 6.53. The van der Waals surface area contributed by atoms with E-state index in [0.29, 0.717) is 16.7 Å². The average Bonchev–Trinajstić information content (AvgIpc) is 2.69. The van der Waals surface area contributed by atoms with Crippen LogP contribution in [-0.2, 0) is 0 Å². The molecule has 0 heterocycles. The summed E-state index contributed by atoms with van der Waals surface area (Å²) in [4.78, 5) is 3.81. The molecular formula is C25H18FNS. The molecular weight excluding hydrogens is 365 g/mol. The molecule has 3 aromatic carbocycles. The van der Waals surface area contributed by atoms with Gasteiger partial charge in [0.15, 0.2) is 5.82 Å². The first-order valence-corrected chi connectivity index (χ1v) is 9.15. The molecule has 0 unspecified atom stereocenters. The highest BCUT2D eigenvalue weighted by Gasteiger charge is 2.10. The zero-order valence-electron chi connectivity index (χ0n) is 15.7. The third-order valence-corrected chi connectivity index (χ3v) is 4.39. The minimum Gasteiger partial charge on any atom is -0.205 e. The van der Waals surface area contributed by atoms with Gasteiger partial charge in [0, 0.05) is 16.7 Å². The van der Waals surface area contributed by atoms with Gasteiger partial charge in [0.05, 0.1) is 5.16 Å². The average molecular weight is 383 g/mol. The molecule has 0 aliphatic carbocycles.